The van der Waals surface area contributed by atoms with Crippen LogP contribution in [-0.2, 0) is 20.2 Å². The van der Waals surface area contributed by atoms with Gasteiger partial charge in [-0.1, -0.05) is 0 Å². The molecule has 6 nitrogen and oxygen atoms in total. The average molecular weight is 298 g/mol. The molecule has 1 aromatic carbocycles. The van der Waals surface area contributed by atoms with Gasteiger partial charge in [0.25, 0.3) is 0 Å². The van der Waals surface area contributed by atoms with E-state index in [-0.39, 0.29) is 24.0 Å². The van der Waals surface area contributed by atoms with Crippen molar-refractivity contribution in [2.24, 2.45) is 0 Å². The summed E-state index contributed by atoms with van der Waals surface area (Å²) in [6.07, 6.45) is 0. The third kappa shape index (κ3) is 2.21. The number of nitrogens with zero attached hydrogens (tertiary/aromatic N) is 1. The fourth-order valence-corrected chi connectivity index (χ4v) is 3.43. The Bertz CT molecular complexity index is 652. The highest BCUT2D eigenvalue weighted by Crippen LogP contribution is 2.41. The average Bonchev–Trinajstić information content (AvgIpc) is 2.58. The minimum absolute atomic E-state index is 0.0400. The fourth-order valence-electron chi connectivity index (χ4n) is 2.38. The highest BCUT2D eigenvalue weighted by atomic mass is 32.2. The van der Waals surface area contributed by atoms with Gasteiger partial charge in [-0.15, -0.1) is 0 Å². The van der Waals surface area contributed by atoms with Gasteiger partial charge >= 0.3 is 0 Å². The number of carbonyl (C=O) groups excluding carboxylic acids is 1. The van der Waals surface area contributed by atoms with Gasteiger partial charge in [0.1, 0.15) is 0 Å². The molecule has 2 N–H and O–H groups in total. The highest BCUT2D eigenvalue weighted by Gasteiger charge is 2.42. The van der Waals surface area contributed by atoms with E-state index in [1.165, 1.54) is 17.0 Å². The van der Waals surface area contributed by atoms with Gasteiger partial charge in [-0.3, -0.25) is 4.79 Å². The molecule has 1 amide bonds. The third-order valence-electron chi connectivity index (χ3n) is 3.56. The van der Waals surface area contributed by atoms with Crippen LogP contribution in [-0.4, -0.2) is 39.6 Å². The molecule has 0 aromatic heterocycles. The molecule has 1 aliphatic rings. The molecule has 0 saturated heterocycles. The van der Waals surface area contributed by atoms with E-state index in [1.54, 1.807) is 27.0 Å². The van der Waals surface area contributed by atoms with Crippen LogP contribution in [0, 0.1) is 0 Å². The van der Waals surface area contributed by atoms with Gasteiger partial charge in [-0.2, -0.15) is 0 Å². The molecule has 0 unspecified atom stereocenters. The summed E-state index contributed by atoms with van der Waals surface area (Å²) in [5.74, 6) is -0.0645. The van der Waals surface area contributed by atoms with Gasteiger partial charge in [-0.05, 0) is 37.6 Å². The number of rotatable bonds is 4. The molecule has 20 heavy (non-hydrogen) atoms. The van der Waals surface area contributed by atoms with Crippen molar-refractivity contribution in [2.45, 2.75) is 24.2 Å². The summed E-state index contributed by atoms with van der Waals surface area (Å²) < 4.78 is 26.4. The number of nitrogens with one attached hydrogen (secondary N) is 1. The topological polar surface area (TPSA) is 86.7 Å². The predicted molar refractivity (Wildman–Crippen MR) is 75.2 cm³/mol. The number of fused-ring (bicyclic) bond motifs is 1. The summed E-state index contributed by atoms with van der Waals surface area (Å²) in [4.78, 5) is 13.8. The molecule has 1 heterocycles. The maximum absolute atomic E-state index is 12.1. The van der Waals surface area contributed by atoms with Crippen molar-refractivity contribution in [2.75, 3.05) is 25.1 Å². The quantitative estimate of drug-likeness (QED) is 0.832. The SMILES string of the molecule is CN1C(=O)C(C)(C)c2cc(S(=O)(=O)NCCO)ccc21. The lowest BCUT2D eigenvalue weighted by atomic mass is 9.86. The molecule has 0 spiro atoms. The number of hydrogen-bond acceptors (Lipinski definition) is 4. The van der Waals surface area contributed by atoms with Crippen LogP contribution in [0.4, 0.5) is 5.69 Å². The standard InChI is InChI=1S/C13H18N2O4S/c1-13(2)10-8-9(20(18,19)14-6-7-16)4-5-11(10)15(3)12(13)17/h4-5,8,14,16H,6-7H2,1-3H3. The summed E-state index contributed by atoms with van der Waals surface area (Å²) in [5, 5.41) is 8.71. The zero-order chi connectivity index (χ0) is 15.1. The summed E-state index contributed by atoms with van der Waals surface area (Å²) in [6.45, 7) is 3.24. The van der Waals surface area contributed by atoms with Crippen LogP contribution >= 0.6 is 0 Å². The molecule has 1 aliphatic heterocycles. The van der Waals surface area contributed by atoms with Crippen LogP contribution in [0.25, 0.3) is 0 Å². The molecule has 2 rings (SSSR count). The third-order valence-corrected chi connectivity index (χ3v) is 5.01. The van der Waals surface area contributed by atoms with E-state index >= 15 is 0 Å². The Kier molecular flexibility index (Phi) is 3.62. The molecule has 0 fully saturated rings. The molecule has 0 bridgehead atoms. The van der Waals surface area contributed by atoms with Gasteiger partial charge in [0.2, 0.25) is 15.9 Å². The van der Waals surface area contributed by atoms with E-state index in [4.69, 9.17) is 5.11 Å². The van der Waals surface area contributed by atoms with E-state index in [1.807, 2.05) is 0 Å². The number of hydrogen-bond donors (Lipinski definition) is 2. The van der Waals surface area contributed by atoms with Gasteiger partial charge in [0.05, 0.1) is 16.9 Å². The number of benzene rings is 1. The second-order valence-electron chi connectivity index (χ2n) is 5.29. The largest absolute Gasteiger partial charge is 0.395 e. The molecular weight excluding hydrogens is 280 g/mol. The molecule has 110 valence electrons. The first-order chi connectivity index (χ1) is 9.21. The summed E-state index contributed by atoms with van der Waals surface area (Å²) in [7, 11) is -1.99. The van der Waals surface area contributed by atoms with Gasteiger partial charge in [0, 0.05) is 19.3 Å². The van der Waals surface area contributed by atoms with Crippen molar-refractivity contribution < 1.29 is 18.3 Å². The lowest BCUT2D eigenvalue weighted by molar-refractivity contribution is -0.121. The summed E-state index contributed by atoms with van der Waals surface area (Å²) in [6, 6.07) is 4.62. The zero-order valence-corrected chi connectivity index (χ0v) is 12.5. The maximum atomic E-state index is 12.1. The van der Waals surface area contributed by atoms with E-state index < -0.39 is 15.4 Å². The number of anilines is 1. The predicted octanol–water partition coefficient (Wildman–Crippen LogP) is 0.211. The van der Waals surface area contributed by atoms with Crippen LogP contribution in [0.3, 0.4) is 0 Å². The molecule has 0 atom stereocenters. The Morgan fingerprint density at radius 1 is 1.35 bits per heavy atom. The lowest BCUT2D eigenvalue weighted by Gasteiger charge is -2.16. The summed E-state index contributed by atoms with van der Waals surface area (Å²) >= 11 is 0. The van der Waals surface area contributed by atoms with Crippen LogP contribution in [0.5, 0.6) is 0 Å². The molecule has 0 aliphatic carbocycles. The minimum atomic E-state index is -3.67. The molecule has 7 heteroatoms. The van der Waals surface area contributed by atoms with Crippen LogP contribution in [0.15, 0.2) is 23.1 Å². The van der Waals surface area contributed by atoms with Crippen molar-refractivity contribution in [3.63, 3.8) is 0 Å². The molecule has 0 radical (unpaired) electrons. The molecule has 0 saturated carbocycles. The number of sulfonamides is 1. The van der Waals surface area contributed by atoms with Crippen molar-refractivity contribution >= 4 is 21.6 Å². The van der Waals surface area contributed by atoms with Gasteiger partial charge in [0.15, 0.2) is 0 Å². The first-order valence-electron chi connectivity index (χ1n) is 6.25. The normalized spacial score (nSPS) is 17.4. The number of amides is 1. The van der Waals surface area contributed by atoms with Crippen molar-refractivity contribution in [1.29, 1.82) is 0 Å². The Hall–Kier alpha value is -1.44. The second-order valence-corrected chi connectivity index (χ2v) is 7.06. The number of likely N-dealkylation sites (N-methyl/N-ethyl adjacent to an activating group) is 1. The second kappa shape index (κ2) is 4.83. The van der Waals surface area contributed by atoms with Crippen LogP contribution in [0.1, 0.15) is 19.4 Å². The van der Waals surface area contributed by atoms with E-state index in [2.05, 4.69) is 4.72 Å². The van der Waals surface area contributed by atoms with Crippen LogP contribution in [0.2, 0.25) is 0 Å². The summed E-state index contributed by atoms with van der Waals surface area (Å²) in [5.41, 5.74) is 0.671. The van der Waals surface area contributed by atoms with Crippen molar-refractivity contribution in [1.82, 2.24) is 4.72 Å². The molecular formula is C13H18N2O4S. The van der Waals surface area contributed by atoms with E-state index in [9.17, 15) is 13.2 Å². The monoisotopic (exact) mass is 298 g/mol. The first kappa shape index (κ1) is 15.0. The Morgan fingerprint density at radius 3 is 2.60 bits per heavy atom. The van der Waals surface area contributed by atoms with Crippen LogP contribution < -0.4 is 9.62 Å². The minimum Gasteiger partial charge on any atom is -0.395 e. The number of carbonyl (C=O) groups is 1. The smallest absolute Gasteiger partial charge is 0.240 e. The van der Waals surface area contributed by atoms with Crippen molar-refractivity contribution in [3.05, 3.63) is 23.8 Å². The lowest BCUT2D eigenvalue weighted by Crippen LogP contribution is -2.33. The first-order valence-corrected chi connectivity index (χ1v) is 7.73. The van der Waals surface area contributed by atoms with E-state index in [0.717, 1.165) is 5.69 Å². The Morgan fingerprint density at radius 2 is 2.00 bits per heavy atom. The number of aliphatic hydroxyl groups excluding tert-OH is 1. The zero-order valence-electron chi connectivity index (χ0n) is 11.7. The fraction of sp³-hybridized carbons (Fsp3) is 0.462. The van der Waals surface area contributed by atoms with E-state index in [0.29, 0.717) is 5.56 Å². The highest BCUT2D eigenvalue weighted by molar-refractivity contribution is 7.89. The van der Waals surface area contributed by atoms with Gasteiger partial charge in [-0.25, -0.2) is 13.1 Å². The van der Waals surface area contributed by atoms with Gasteiger partial charge < -0.3 is 10.0 Å². The Balaban J connectivity index is 2.49. The molecule has 1 aromatic rings. The maximum Gasteiger partial charge on any atom is 0.240 e. The Labute approximate surface area is 118 Å². The van der Waals surface area contributed by atoms with Crippen molar-refractivity contribution in [3.8, 4) is 0 Å². The number of aliphatic hydroxyl groups is 1.